The smallest absolute Gasteiger partial charge is 0.207 e. The molecule has 8 heteroatoms. The first-order chi connectivity index (χ1) is 16.0. The van der Waals surface area contributed by atoms with Crippen LogP contribution in [0.15, 0.2) is 35.9 Å². The molecule has 1 atom stereocenters. The summed E-state index contributed by atoms with van der Waals surface area (Å²) < 4.78 is 2.14. The molecule has 1 fully saturated rings. The second-order valence-corrected chi connectivity index (χ2v) is 8.50. The van der Waals surface area contributed by atoms with E-state index in [-0.39, 0.29) is 6.04 Å². The van der Waals surface area contributed by atoms with Crippen LogP contribution in [-0.2, 0) is 13.1 Å². The Bertz CT molecular complexity index is 1310. The summed E-state index contributed by atoms with van der Waals surface area (Å²) in [4.78, 5) is 16.6. The number of fused-ring (bicyclic) bond motifs is 2. The number of hydrogen-bond acceptors (Lipinski definition) is 7. The maximum atomic E-state index is 6.25. The third kappa shape index (κ3) is 3.96. The fourth-order valence-corrected chi connectivity index (χ4v) is 4.55. The van der Waals surface area contributed by atoms with Gasteiger partial charge in [0.25, 0.3) is 0 Å². The first kappa shape index (κ1) is 21.2. The van der Waals surface area contributed by atoms with Crippen molar-refractivity contribution in [2.75, 3.05) is 18.0 Å². The Morgan fingerprint density at radius 2 is 2.06 bits per heavy atom. The number of nitrogens with zero attached hydrogens (tertiary/aromatic N) is 7. The molecule has 0 aliphatic carbocycles. The number of rotatable bonds is 4. The zero-order valence-corrected chi connectivity index (χ0v) is 19.1. The van der Waals surface area contributed by atoms with E-state index in [0.29, 0.717) is 18.9 Å². The average Bonchev–Trinajstić information content (AvgIpc) is 3.19. The van der Waals surface area contributed by atoms with Gasteiger partial charge in [-0.2, -0.15) is 5.10 Å². The van der Waals surface area contributed by atoms with Gasteiger partial charge in [0.2, 0.25) is 5.95 Å². The van der Waals surface area contributed by atoms with Crippen molar-refractivity contribution < 1.29 is 0 Å². The van der Waals surface area contributed by atoms with Gasteiger partial charge >= 0.3 is 0 Å². The van der Waals surface area contributed by atoms with E-state index in [4.69, 9.17) is 20.7 Å². The Balaban J connectivity index is 1.48. The normalized spacial score (nSPS) is 17.8. The maximum absolute atomic E-state index is 6.25. The van der Waals surface area contributed by atoms with E-state index in [1.54, 1.807) is 6.21 Å². The molecule has 33 heavy (non-hydrogen) atoms. The number of anilines is 1. The number of hydrazone groups is 1. The molecule has 2 aliphatic heterocycles. The molecule has 0 radical (unpaired) electrons. The van der Waals surface area contributed by atoms with Gasteiger partial charge in [0.05, 0.1) is 29.7 Å². The van der Waals surface area contributed by atoms with E-state index in [1.807, 2.05) is 43.1 Å². The molecule has 0 spiro atoms. The number of aromatic nitrogens is 4. The highest BCUT2D eigenvalue weighted by Crippen LogP contribution is 2.31. The fraction of sp³-hybridized carbons (Fsp3) is 0.360. The summed E-state index contributed by atoms with van der Waals surface area (Å²) in [5.41, 5.74) is 10.6. The molecule has 2 aliphatic rings. The van der Waals surface area contributed by atoms with Crippen LogP contribution in [0.25, 0.3) is 16.6 Å². The molecule has 1 unspecified atom stereocenters. The second-order valence-electron chi connectivity index (χ2n) is 8.50. The van der Waals surface area contributed by atoms with E-state index in [0.717, 1.165) is 65.6 Å². The Morgan fingerprint density at radius 1 is 1.21 bits per heavy atom. The van der Waals surface area contributed by atoms with Gasteiger partial charge in [-0.25, -0.2) is 15.0 Å². The van der Waals surface area contributed by atoms with Gasteiger partial charge in [0.15, 0.2) is 5.82 Å². The number of aryl methyl sites for hydroxylation is 1. The molecule has 0 bridgehead atoms. The molecule has 168 valence electrons. The van der Waals surface area contributed by atoms with Crippen LogP contribution in [0.5, 0.6) is 0 Å². The van der Waals surface area contributed by atoms with Crippen molar-refractivity contribution in [1.29, 1.82) is 0 Å². The van der Waals surface area contributed by atoms with Crippen molar-refractivity contribution in [2.45, 2.75) is 45.8 Å². The Hall–Kier alpha value is -3.70. The molecule has 0 amide bonds. The molecule has 1 saturated heterocycles. The summed E-state index contributed by atoms with van der Waals surface area (Å²) in [6, 6.07) is 8.20. The molecular weight excluding hydrogens is 412 g/mol. The summed E-state index contributed by atoms with van der Waals surface area (Å²) in [6.07, 6.45) is 3.89. The molecule has 0 saturated carbocycles. The predicted molar refractivity (Wildman–Crippen MR) is 132 cm³/mol. The minimum Gasteiger partial charge on any atom is -0.341 e. The van der Waals surface area contributed by atoms with E-state index in [1.165, 1.54) is 0 Å². The minimum absolute atomic E-state index is 0.153. The third-order valence-electron chi connectivity index (χ3n) is 6.16. The van der Waals surface area contributed by atoms with E-state index in [2.05, 4.69) is 33.0 Å². The van der Waals surface area contributed by atoms with Crippen LogP contribution in [0.1, 0.15) is 42.7 Å². The lowest BCUT2D eigenvalue weighted by Crippen LogP contribution is -2.44. The average molecular weight is 441 g/mol. The predicted octanol–water partition coefficient (Wildman–Crippen LogP) is 2.91. The number of hydrogen-bond donors (Lipinski definition) is 1. The van der Waals surface area contributed by atoms with Crippen molar-refractivity contribution in [3.63, 3.8) is 0 Å². The largest absolute Gasteiger partial charge is 0.341 e. The molecule has 2 aromatic heterocycles. The Morgan fingerprint density at radius 3 is 2.88 bits per heavy atom. The summed E-state index contributed by atoms with van der Waals surface area (Å²) >= 11 is 0. The molecule has 1 aromatic carbocycles. The first-order valence-electron chi connectivity index (χ1n) is 11.3. The fourth-order valence-electron chi connectivity index (χ4n) is 4.55. The highest BCUT2D eigenvalue weighted by molar-refractivity contribution is 5.88. The van der Waals surface area contributed by atoms with Gasteiger partial charge in [0.1, 0.15) is 12.2 Å². The van der Waals surface area contributed by atoms with Crippen LogP contribution in [0.3, 0.4) is 0 Å². The topological polar surface area (TPSA) is 88.5 Å². The van der Waals surface area contributed by atoms with Crippen LogP contribution >= 0.6 is 0 Å². The van der Waals surface area contributed by atoms with E-state index < -0.39 is 0 Å². The van der Waals surface area contributed by atoms with Gasteiger partial charge in [-0.05, 0) is 32.8 Å². The van der Waals surface area contributed by atoms with E-state index in [9.17, 15) is 0 Å². The zero-order chi connectivity index (χ0) is 22.9. The lowest BCUT2D eigenvalue weighted by atomic mass is 10.1. The van der Waals surface area contributed by atoms with Crippen molar-refractivity contribution in [2.24, 2.45) is 10.8 Å². The summed E-state index contributed by atoms with van der Waals surface area (Å²) in [5.74, 6) is 7.78. The molecule has 2 N–H and O–H groups in total. The SMILES string of the molecule is C=C1c2c(nc(N3CCCC(N)C3)n2CC#CC)C=NN1Cc1nc(C)c2ccccc2n1. The lowest BCUT2D eigenvalue weighted by molar-refractivity contribution is 0.399. The number of nitrogens with two attached hydrogens (primary N) is 1. The van der Waals surface area contributed by atoms with Gasteiger partial charge in [-0.1, -0.05) is 30.7 Å². The second kappa shape index (κ2) is 8.68. The lowest BCUT2D eigenvalue weighted by Gasteiger charge is -2.32. The summed E-state index contributed by atoms with van der Waals surface area (Å²) in [5, 5.41) is 7.53. The summed E-state index contributed by atoms with van der Waals surface area (Å²) in [7, 11) is 0. The number of piperidine rings is 1. The molecule has 5 rings (SSSR count). The van der Waals surface area contributed by atoms with Gasteiger partial charge in [-0.3, -0.25) is 9.58 Å². The van der Waals surface area contributed by atoms with Crippen LogP contribution < -0.4 is 10.6 Å². The van der Waals surface area contributed by atoms with Crippen LogP contribution in [0.2, 0.25) is 0 Å². The monoisotopic (exact) mass is 440 g/mol. The molecular formula is C25H28N8. The molecule has 3 aromatic rings. The minimum atomic E-state index is 0.153. The van der Waals surface area contributed by atoms with Crippen molar-refractivity contribution >= 4 is 28.8 Å². The van der Waals surface area contributed by atoms with Crippen LogP contribution in [0.4, 0.5) is 5.95 Å². The number of imidazole rings is 1. The molecule has 8 nitrogen and oxygen atoms in total. The van der Waals surface area contributed by atoms with Crippen LogP contribution in [-0.4, -0.2) is 49.9 Å². The Labute approximate surface area is 193 Å². The zero-order valence-electron chi connectivity index (χ0n) is 19.1. The number of para-hydroxylation sites is 1. The number of benzene rings is 1. The maximum Gasteiger partial charge on any atom is 0.207 e. The highest BCUT2D eigenvalue weighted by Gasteiger charge is 2.29. The third-order valence-corrected chi connectivity index (χ3v) is 6.16. The summed E-state index contributed by atoms with van der Waals surface area (Å²) in [6.45, 7) is 10.9. The molecule has 4 heterocycles. The standard InChI is InChI=1S/C25H28N8/c1-4-5-13-32-24-18(3)33(16-23-28-17(2)20-10-6-7-11-21(20)29-23)27-14-22(24)30-25(32)31-12-8-9-19(26)15-31/h6-7,10-11,14,19H,3,8-9,12-13,15-16,26H2,1-2H3. The van der Waals surface area contributed by atoms with Gasteiger partial charge in [-0.15, -0.1) is 5.92 Å². The Kier molecular flexibility index (Phi) is 5.56. The van der Waals surface area contributed by atoms with Crippen molar-refractivity contribution in [3.8, 4) is 11.8 Å². The van der Waals surface area contributed by atoms with Crippen LogP contribution in [0, 0.1) is 18.8 Å². The van der Waals surface area contributed by atoms with Gasteiger partial charge in [0, 0.05) is 30.2 Å². The van der Waals surface area contributed by atoms with Crippen molar-refractivity contribution in [1.82, 2.24) is 24.5 Å². The highest BCUT2D eigenvalue weighted by atomic mass is 15.5. The quantitative estimate of drug-likeness (QED) is 0.628. The van der Waals surface area contributed by atoms with Gasteiger partial charge < -0.3 is 10.6 Å². The van der Waals surface area contributed by atoms with Crippen molar-refractivity contribution in [3.05, 3.63) is 53.8 Å². The van der Waals surface area contributed by atoms with E-state index >= 15 is 0 Å². The first-order valence-corrected chi connectivity index (χ1v) is 11.3.